The number of nitrogens with zero attached hydrogens (tertiary/aromatic N) is 3. The van der Waals surface area contributed by atoms with Crippen molar-refractivity contribution in [2.45, 2.75) is 24.3 Å². The summed E-state index contributed by atoms with van der Waals surface area (Å²) < 4.78 is 43.2. The van der Waals surface area contributed by atoms with Crippen molar-refractivity contribution >= 4 is 21.9 Å². The van der Waals surface area contributed by atoms with E-state index in [1.54, 1.807) is 32.0 Å². The highest BCUT2D eigenvalue weighted by molar-refractivity contribution is 7.89. The Morgan fingerprint density at radius 1 is 1.12 bits per heavy atom. The van der Waals surface area contributed by atoms with E-state index in [1.165, 1.54) is 35.7 Å². The molecule has 0 spiro atoms. The number of carbonyl (C=O) groups is 1. The fourth-order valence-electron chi connectivity index (χ4n) is 3.30. The lowest BCUT2D eigenvalue weighted by Gasteiger charge is -2.28. The van der Waals surface area contributed by atoms with E-state index in [0.29, 0.717) is 17.9 Å². The Hall–Kier alpha value is -3.28. The summed E-state index contributed by atoms with van der Waals surface area (Å²) in [6.45, 7) is 3.89. The van der Waals surface area contributed by atoms with Gasteiger partial charge in [0.15, 0.2) is 0 Å². The van der Waals surface area contributed by atoms with E-state index < -0.39 is 21.5 Å². The molecule has 0 saturated carbocycles. The van der Waals surface area contributed by atoms with Crippen molar-refractivity contribution in [2.24, 2.45) is 0 Å². The number of ether oxygens (including phenoxy) is 2. The Balaban J connectivity index is 1.49. The summed E-state index contributed by atoms with van der Waals surface area (Å²) in [5, 5.41) is 10.3. The van der Waals surface area contributed by atoms with Gasteiger partial charge in [-0.3, -0.25) is 10.1 Å². The maximum Gasteiger partial charge on any atom is 0.322 e. The molecule has 3 aromatic rings. The van der Waals surface area contributed by atoms with Crippen molar-refractivity contribution in [3.05, 3.63) is 54.1 Å². The van der Waals surface area contributed by atoms with Crippen LogP contribution in [0.3, 0.4) is 0 Å². The topological polar surface area (TPSA) is 124 Å². The van der Waals surface area contributed by atoms with Crippen molar-refractivity contribution in [1.29, 1.82) is 0 Å². The van der Waals surface area contributed by atoms with Gasteiger partial charge in [-0.15, -0.1) is 5.10 Å². The molecule has 4 rings (SSSR count). The zero-order valence-electron chi connectivity index (χ0n) is 17.7. The van der Waals surface area contributed by atoms with E-state index in [1.807, 2.05) is 6.07 Å². The molecule has 11 heteroatoms. The molecule has 2 heterocycles. The second kappa shape index (κ2) is 8.34. The number of amides is 1. The van der Waals surface area contributed by atoms with Crippen molar-refractivity contribution in [1.82, 2.24) is 14.5 Å². The summed E-state index contributed by atoms with van der Waals surface area (Å²) in [6, 6.07) is 12.6. The number of anilines is 1. The van der Waals surface area contributed by atoms with Crippen molar-refractivity contribution in [3.63, 3.8) is 0 Å². The highest BCUT2D eigenvalue weighted by Gasteiger charge is 2.42. The van der Waals surface area contributed by atoms with Crippen LogP contribution < -0.4 is 10.1 Å². The van der Waals surface area contributed by atoms with Crippen LogP contribution in [0.4, 0.5) is 6.01 Å². The monoisotopic (exact) mass is 458 g/mol. The van der Waals surface area contributed by atoms with Crippen LogP contribution in [0.2, 0.25) is 0 Å². The predicted molar refractivity (Wildman–Crippen MR) is 115 cm³/mol. The van der Waals surface area contributed by atoms with Crippen LogP contribution in [0, 0.1) is 0 Å². The SMILES string of the molecule is COc1ccccc1-c1nnc(NC(=O)c2ccc(S(=O)(=O)N3COCC3(C)C)cc2)o1. The normalized spacial score (nSPS) is 16.1. The number of nitrogens with one attached hydrogen (secondary N) is 1. The minimum atomic E-state index is -3.76. The average molecular weight is 458 g/mol. The van der Waals surface area contributed by atoms with Crippen molar-refractivity contribution in [3.8, 4) is 17.2 Å². The Kier molecular flexibility index (Phi) is 5.71. The molecule has 0 radical (unpaired) electrons. The number of rotatable bonds is 6. The third kappa shape index (κ3) is 4.09. The number of para-hydroxylation sites is 1. The molecule has 1 aromatic heterocycles. The van der Waals surface area contributed by atoms with E-state index in [9.17, 15) is 13.2 Å². The Morgan fingerprint density at radius 2 is 1.84 bits per heavy atom. The smallest absolute Gasteiger partial charge is 0.322 e. The van der Waals surface area contributed by atoms with Gasteiger partial charge in [0.05, 0.1) is 29.7 Å². The van der Waals surface area contributed by atoms with Gasteiger partial charge in [0.2, 0.25) is 10.0 Å². The molecule has 0 atom stereocenters. The average Bonchev–Trinajstić information content (AvgIpc) is 3.39. The molecule has 1 N–H and O–H groups in total. The lowest BCUT2D eigenvalue weighted by atomic mass is 10.1. The summed E-state index contributed by atoms with van der Waals surface area (Å²) in [5.74, 6) is 0.223. The third-order valence-corrected chi connectivity index (χ3v) is 7.07. The van der Waals surface area contributed by atoms with Crippen LogP contribution in [0.5, 0.6) is 5.75 Å². The van der Waals surface area contributed by atoms with E-state index >= 15 is 0 Å². The molecule has 1 amide bonds. The Morgan fingerprint density at radius 3 is 2.50 bits per heavy atom. The fraction of sp³-hybridized carbons (Fsp3) is 0.286. The first-order valence-corrected chi connectivity index (χ1v) is 11.2. The first-order valence-electron chi connectivity index (χ1n) is 9.71. The van der Waals surface area contributed by atoms with Gasteiger partial charge in [0.1, 0.15) is 12.5 Å². The summed E-state index contributed by atoms with van der Waals surface area (Å²) in [7, 11) is -2.23. The Bertz CT molecular complexity index is 1240. The van der Waals surface area contributed by atoms with Crippen LogP contribution in [-0.2, 0) is 14.8 Å². The minimum Gasteiger partial charge on any atom is -0.496 e. The van der Waals surface area contributed by atoms with Crippen LogP contribution in [0.25, 0.3) is 11.5 Å². The van der Waals surface area contributed by atoms with Crippen LogP contribution in [0.1, 0.15) is 24.2 Å². The van der Waals surface area contributed by atoms with Crippen molar-refractivity contribution < 1.29 is 27.1 Å². The molecule has 0 unspecified atom stereocenters. The van der Waals surface area contributed by atoms with E-state index in [2.05, 4.69) is 15.5 Å². The van der Waals surface area contributed by atoms with Crippen LogP contribution in [0.15, 0.2) is 57.8 Å². The fourth-order valence-corrected chi connectivity index (χ4v) is 4.95. The van der Waals surface area contributed by atoms with Gasteiger partial charge in [0.25, 0.3) is 11.8 Å². The largest absolute Gasteiger partial charge is 0.496 e. The highest BCUT2D eigenvalue weighted by atomic mass is 32.2. The molecule has 168 valence electrons. The van der Waals surface area contributed by atoms with Gasteiger partial charge in [-0.1, -0.05) is 17.2 Å². The second-order valence-corrected chi connectivity index (χ2v) is 9.60. The molecule has 0 aliphatic carbocycles. The summed E-state index contributed by atoms with van der Waals surface area (Å²) >= 11 is 0. The molecule has 1 aliphatic rings. The van der Waals surface area contributed by atoms with Gasteiger partial charge in [-0.2, -0.15) is 4.31 Å². The predicted octanol–water partition coefficient (Wildman–Crippen LogP) is 2.75. The number of benzene rings is 2. The Labute approximate surface area is 185 Å². The van der Waals surface area contributed by atoms with Gasteiger partial charge in [-0.05, 0) is 50.2 Å². The lowest BCUT2D eigenvalue weighted by Crippen LogP contribution is -2.44. The minimum absolute atomic E-state index is 0.0106. The molecule has 32 heavy (non-hydrogen) atoms. The number of aromatic nitrogens is 2. The summed E-state index contributed by atoms with van der Waals surface area (Å²) in [4.78, 5) is 12.6. The second-order valence-electron chi connectivity index (χ2n) is 7.73. The van der Waals surface area contributed by atoms with Gasteiger partial charge >= 0.3 is 6.01 Å². The standard InChI is InChI=1S/C21H22N4O6S/c1-21(2)12-30-13-25(21)32(27,28)15-10-8-14(9-11-15)18(26)22-20-24-23-19(31-20)16-6-4-5-7-17(16)29-3/h4-11H,12-13H2,1-3H3,(H,22,24,26). The van der Waals surface area contributed by atoms with Gasteiger partial charge in [-0.25, -0.2) is 8.42 Å². The summed E-state index contributed by atoms with van der Waals surface area (Å²) in [5.41, 5.74) is 0.177. The quantitative estimate of drug-likeness (QED) is 0.598. The van der Waals surface area contributed by atoms with Crippen molar-refractivity contribution in [2.75, 3.05) is 25.8 Å². The van der Waals surface area contributed by atoms with E-state index in [0.717, 1.165) is 0 Å². The first kappa shape index (κ1) is 21.9. The van der Waals surface area contributed by atoms with Crippen LogP contribution >= 0.6 is 0 Å². The number of carbonyl (C=O) groups excluding carboxylic acids is 1. The van der Waals surface area contributed by atoms with E-state index in [-0.39, 0.29) is 29.1 Å². The molecular formula is C21H22N4O6S. The zero-order valence-corrected chi connectivity index (χ0v) is 18.5. The molecule has 1 aliphatic heterocycles. The number of methoxy groups -OCH3 is 1. The molecule has 10 nitrogen and oxygen atoms in total. The molecular weight excluding hydrogens is 436 g/mol. The zero-order chi connectivity index (χ0) is 22.9. The lowest BCUT2D eigenvalue weighted by molar-refractivity contribution is 0.102. The number of sulfonamides is 1. The highest BCUT2D eigenvalue weighted by Crippen LogP contribution is 2.30. The maximum atomic E-state index is 12.9. The molecule has 0 bridgehead atoms. The first-order chi connectivity index (χ1) is 15.2. The number of hydrogen-bond acceptors (Lipinski definition) is 8. The van der Waals surface area contributed by atoms with E-state index in [4.69, 9.17) is 13.9 Å². The van der Waals surface area contributed by atoms with Gasteiger partial charge < -0.3 is 13.9 Å². The third-order valence-electron chi connectivity index (χ3n) is 5.03. The van der Waals surface area contributed by atoms with Gasteiger partial charge in [0, 0.05) is 5.56 Å². The molecule has 1 saturated heterocycles. The summed E-state index contributed by atoms with van der Waals surface area (Å²) in [6.07, 6.45) is 0. The number of hydrogen-bond donors (Lipinski definition) is 1. The maximum absolute atomic E-state index is 12.9. The van der Waals surface area contributed by atoms with Crippen LogP contribution in [-0.4, -0.2) is 54.8 Å². The molecule has 1 fully saturated rings. The molecule has 2 aromatic carbocycles.